The van der Waals surface area contributed by atoms with E-state index in [1.54, 1.807) is 0 Å². The first-order chi connectivity index (χ1) is 40.6. The number of likely N-dealkylation sites (N-methyl/N-ethyl adjacent to an activating group) is 1. The molecule has 0 amide bonds. The molecular weight excluding hydrogens is 1030 g/mol. The quantitative estimate of drug-likeness (QED) is 0.0211. The standard InChI is InChI=1S/C74H125NO8/c1-6-8-10-12-14-16-18-20-22-24-26-28-30-32-34-35-36-37-39-41-43-45-47-49-51-53-55-57-59-61-63-65-72(77)83-70(69-82-74(73(78)79)80-67-66-75(3,4)5)68-81-71(76)64-62-60-58-56-54-52-50-48-46-44-42-40-38-33-31-29-27-25-23-21-19-17-15-13-11-9-7-2/h8-11,14-17,20-23,26-29,32,34,36-37,70,74H,6-7,12-13,18-19,24-25,30-31,33,35,38-69H2,1-5H3/p+1/b10-8-,11-9-,16-14-,17-15-,22-20-,23-21-,28-26-,29-27-,34-32-,37-36-. The van der Waals surface area contributed by atoms with Crippen molar-refractivity contribution in [3.05, 3.63) is 122 Å². The molecule has 0 fully saturated rings. The van der Waals surface area contributed by atoms with E-state index in [1.165, 1.54) is 135 Å². The van der Waals surface area contributed by atoms with E-state index in [4.69, 9.17) is 18.9 Å². The smallest absolute Gasteiger partial charge is 0.361 e. The molecule has 9 nitrogen and oxygen atoms in total. The maximum Gasteiger partial charge on any atom is 0.361 e. The van der Waals surface area contributed by atoms with Crippen LogP contribution in [0, 0.1) is 0 Å². The number of quaternary nitrogens is 1. The molecule has 1 N–H and O–H groups in total. The zero-order chi connectivity index (χ0) is 60.5. The number of unbranched alkanes of at least 4 members (excludes halogenated alkanes) is 26. The number of nitrogens with zero attached hydrogens (tertiary/aromatic N) is 1. The highest BCUT2D eigenvalue weighted by Gasteiger charge is 2.25. The Bertz CT molecular complexity index is 1780. The molecule has 0 saturated carbocycles. The lowest BCUT2D eigenvalue weighted by molar-refractivity contribution is -0.870. The van der Waals surface area contributed by atoms with Gasteiger partial charge in [0.25, 0.3) is 6.29 Å². The van der Waals surface area contributed by atoms with Crippen LogP contribution >= 0.6 is 0 Å². The van der Waals surface area contributed by atoms with Gasteiger partial charge in [-0.2, -0.15) is 0 Å². The van der Waals surface area contributed by atoms with Gasteiger partial charge >= 0.3 is 17.9 Å². The number of aliphatic carboxylic acids is 1. The Morgan fingerprint density at radius 2 is 0.651 bits per heavy atom. The third-order valence-corrected chi connectivity index (χ3v) is 14.2. The van der Waals surface area contributed by atoms with E-state index in [0.717, 1.165) is 103 Å². The number of carboxylic acid groups (broad SMARTS) is 1. The van der Waals surface area contributed by atoms with Crippen molar-refractivity contribution in [2.24, 2.45) is 0 Å². The number of carboxylic acids is 1. The lowest BCUT2D eigenvalue weighted by Gasteiger charge is -2.25. The van der Waals surface area contributed by atoms with Gasteiger partial charge in [-0.05, 0) is 103 Å². The average Bonchev–Trinajstić information content (AvgIpc) is 3.46. The number of esters is 2. The lowest BCUT2D eigenvalue weighted by Crippen LogP contribution is -2.40. The van der Waals surface area contributed by atoms with E-state index in [-0.39, 0.29) is 32.2 Å². The molecule has 0 aromatic carbocycles. The van der Waals surface area contributed by atoms with Crippen molar-refractivity contribution in [3.8, 4) is 0 Å². The van der Waals surface area contributed by atoms with Gasteiger partial charge in [0.1, 0.15) is 13.2 Å². The summed E-state index contributed by atoms with van der Waals surface area (Å²) in [6, 6.07) is 0. The van der Waals surface area contributed by atoms with Crippen LogP contribution in [0.4, 0.5) is 0 Å². The highest BCUT2D eigenvalue weighted by atomic mass is 16.7. The summed E-state index contributed by atoms with van der Waals surface area (Å²) >= 11 is 0. The first kappa shape index (κ1) is 78.7. The molecule has 0 heterocycles. The van der Waals surface area contributed by atoms with Crippen molar-refractivity contribution < 1.29 is 42.9 Å². The van der Waals surface area contributed by atoms with E-state index in [0.29, 0.717) is 23.9 Å². The molecule has 0 aromatic rings. The van der Waals surface area contributed by atoms with Crippen LogP contribution in [-0.4, -0.2) is 87.4 Å². The van der Waals surface area contributed by atoms with Gasteiger partial charge in [-0.15, -0.1) is 0 Å². The summed E-state index contributed by atoms with van der Waals surface area (Å²) in [6.45, 7) is 4.66. The van der Waals surface area contributed by atoms with Gasteiger partial charge in [-0.3, -0.25) is 9.59 Å². The van der Waals surface area contributed by atoms with E-state index in [1.807, 2.05) is 21.1 Å². The molecule has 0 saturated heterocycles. The van der Waals surface area contributed by atoms with Crippen LogP contribution in [0.25, 0.3) is 0 Å². The minimum Gasteiger partial charge on any atom is -0.477 e. The predicted molar refractivity (Wildman–Crippen MR) is 354 cm³/mol. The second-order valence-corrected chi connectivity index (χ2v) is 23.4. The number of allylic oxidation sites excluding steroid dienone is 20. The van der Waals surface area contributed by atoms with Crippen molar-refractivity contribution >= 4 is 17.9 Å². The zero-order valence-electron chi connectivity index (χ0n) is 54.1. The largest absolute Gasteiger partial charge is 0.477 e. The summed E-state index contributed by atoms with van der Waals surface area (Å²) in [7, 11) is 5.97. The molecule has 0 spiro atoms. The van der Waals surface area contributed by atoms with E-state index in [2.05, 4.69) is 135 Å². The van der Waals surface area contributed by atoms with Gasteiger partial charge < -0.3 is 28.5 Å². The number of carbonyl (C=O) groups excluding carboxylic acids is 2. The Hall–Kier alpha value is -4.31. The molecule has 2 unspecified atom stereocenters. The van der Waals surface area contributed by atoms with Crippen molar-refractivity contribution in [3.63, 3.8) is 0 Å². The Morgan fingerprint density at radius 1 is 0.361 bits per heavy atom. The summed E-state index contributed by atoms with van der Waals surface area (Å²) < 4.78 is 23.0. The molecule has 0 aromatic heterocycles. The molecule has 0 bridgehead atoms. The number of hydrogen-bond acceptors (Lipinski definition) is 7. The fourth-order valence-corrected chi connectivity index (χ4v) is 9.13. The van der Waals surface area contributed by atoms with E-state index < -0.39 is 24.3 Å². The van der Waals surface area contributed by atoms with Crippen LogP contribution in [-0.2, 0) is 33.3 Å². The predicted octanol–water partition coefficient (Wildman–Crippen LogP) is 20.8. The average molecular weight is 1160 g/mol. The van der Waals surface area contributed by atoms with Crippen LogP contribution in [0.3, 0.4) is 0 Å². The van der Waals surface area contributed by atoms with Crippen LogP contribution < -0.4 is 0 Å². The lowest BCUT2D eigenvalue weighted by atomic mass is 10.0. The van der Waals surface area contributed by atoms with Crippen molar-refractivity contribution in [2.75, 3.05) is 47.5 Å². The number of ether oxygens (including phenoxy) is 4. The molecule has 0 aliphatic carbocycles. The van der Waals surface area contributed by atoms with Crippen LogP contribution in [0.1, 0.15) is 271 Å². The Kier molecular flexibility index (Phi) is 60.4. The number of hydrogen-bond donors (Lipinski definition) is 1. The number of rotatable bonds is 61. The Labute approximate surface area is 510 Å². The van der Waals surface area contributed by atoms with Crippen LogP contribution in [0.5, 0.6) is 0 Å². The highest BCUT2D eigenvalue weighted by molar-refractivity contribution is 5.71. The monoisotopic (exact) mass is 1160 g/mol. The third kappa shape index (κ3) is 65.1. The van der Waals surface area contributed by atoms with Crippen LogP contribution in [0.2, 0.25) is 0 Å². The van der Waals surface area contributed by atoms with Crippen LogP contribution in [0.15, 0.2) is 122 Å². The third-order valence-electron chi connectivity index (χ3n) is 14.2. The van der Waals surface area contributed by atoms with E-state index in [9.17, 15) is 19.5 Å². The van der Waals surface area contributed by atoms with Gasteiger partial charge in [0.05, 0.1) is 34.4 Å². The van der Waals surface area contributed by atoms with E-state index >= 15 is 0 Å². The normalized spacial score (nSPS) is 13.5. The molecule has 0 rings (SSSR count). The maximum absolute atomic E-state index is 12.9. The van der Waals surface area contributed by atoms with Gasteiger partial charge in [0.15, 0.2) is 6.10 Å². The van der Waals surface area contributed by atoms with Gasteiger partial charge in [0.2, 0.25) is 0 Å². The number of carbonyl (C=O) groups is 3. The first-order valence-corrected chi connectivity index (χ1v) is 33.7. The van der Waals surface area contributed by atoms with Gasteiger partial charge in [0, 0.05) is 12.8 Å². The SMILES string of the molecule is CC/C=C\C/C=C\C/C=C\C/C=C\C/C=C\C/C=C\CCCCCCCCCCCCCCC(=O)OC(COC(=O)CCCCCCCCCCCCCCCC/C=C\C/C=C\C/C=C\C/C=C\CC)COC(OCC[N+](C)(C)C)C(=O)O. The van der Waals surface area contributed by atoms with Gasteiger partial charge in [-0.25, -0.2) is 4.79 Å². The molecule has 0 aliphatic rings. The minimum atomic E-state index is -1.52. The molecule has 9 heteroatoms. The van der Waals surface area contributed by atoms with Crippen molar-refractivity contribution in [1.82, 2.24) is 0 Å². The zero-order valence-corrected chi connectivity index (χ0v) is 54.1. The summed E-state index contributed by atoms with van der Waals surface area (Å²) in [5.74, 6) is -2.01. The fraction of sp³-hybridized carbons (Fsp3) is 0.689. The minimum absolute atomic E-state index is 0.183. The summed E-state index contributed by atoms with van der Waals surface area (Å²) in [4.78, 5) is 37.6. The molecule has 0 aliphatic heterocycles. The fourth-order valence-electron chi connectivity index (χ4n) is 9.13. The van der Waals surface area contributed by atoms with Crippen molar-refractivity contribution in [2.45, 2.75) is 283 Å². The van der Waals surface area contributed by atoms with Crippen molar-refractivity contribution in [1.29, 1.82) is 0 Å². The molecule has 0 radical (unpaired) electrons. The second kappa shape index (κ2) is 63.7. The molecular formula is C74H126NO8+. The summed E-state index contributed by atoms with van der Waals surface area (Å²) in [6.07, 6.45) is 87.2. The maximum atomic E-state index is 12.9. The Balaban J connectivity index is 4.16. The molecule has 2 atom stereocenters. The topological polar surface area (TPSA) is 108 Å². The first-order valence-electron chi connectivity index (χ1n) is 33.7. The second-order valence-electron chi connectivity index (χ2n) is 23.4. The van der Waals surface area contributed by atoms with Gasteiger partial charge in [-0.1, -0.05) is 277 Å². The Morgan fingerprint density at radius 3 is 0.964 bits per heavy atom. The summed E-state index contributed by atoms with van der Waals surface area (Å²) in [5, 5.41) is 9.74. The highest BCUT2D eigenvalue weighted by Crippen LogP contribution is 2.17. The molecule has 474 valence electrons. The molecule has 83 heavy (non-hydrogen) atoms. The summed E-state index contributed by atoms with van der Waals surface area (Å²) in [5.41, 5.74) is 0.